The quantitative estimate of drug-likeness (QED) is 0.231. The number of halogens is 3. The third kappa shape index (κ3) is 6.22. The average Bonchev–Trinajstić information content (AvgIpc) is 3.54. The van der Waals surface area contributed by atoms with Gasteiger partial charge < -0.3 is 4.42 Å². The highest BCUT2D eigenvalue weighted by Gasteiger charge is 2.37. The van der Waals surface area contributed by atoms with Crippen LogP contribution in [0.15, 0.2) is 77.2 Å². The zero-order chi connectivity index (χ0) is 28.5. The zero-order valence-electron chi connectivity index (χ0n) is 20.2. The number of thiol groups is 1. The second-order valence-electron chi connectivity index (χ2n) is 8.61. The minimum absolute atomic E-state index is 0.125. The molecule has 0 amide bonds. The summed E-state index contributed by atoms with van der Waals surface area (Å²) in [5.74, 6) is -0.746. The summed E-state index contributed by atoms with van der Waals surface area (Å²) in [5, 5.41) is 6.36. The van der Waals surface area contributed by atoms with E-state index in [1.54, 1.807) is 48.5 Å². The summed E-state index contributed by atoms with van der Waals surface area (Å²) < 4.78 is 96.3. The van der Waals surface area contributed by atoms with Gasteiger partial charge in [-0.1, -0.05) is 48.5 Å². The molecule has 208 valence electrons. The highest BCUT2D eigenvalue weighted by Crippen LogP contribution is 2.38. The summed E-state index contributed by atoms with van der Waals surface area (Å²) >= 11 is 1.07. The van der Waals surface area contributed by atoms with Crippen LogP contribution < -0.4 is 4.72 Å². The fourth-order valence-electron chi connectivity index (χ4n) is 3.96. The van der Waals surface area contributed by atoms with Crippen molar-refractivity contribution in [3.8, 4) is 11.1 Å². The molecule has 0 fully saturated rings. The van der Waals surface area contributed by atoms with Crippen LogP contribution in [0.1, 0.15) is 33.2 Å². The van der Waals surface area contributed by atoms with E-state index < -0.39 is 37.7 Å². The Hall–Kier alpha value is -3.66. The first-order chi connectivity index (χ1) is 19.0. The normalized spacial score (nSPS) is 13.2. The molecule has 0 bridgehead atoms. The van der Waals surface area contributed by atoms with E-state index in [0.717, 1.165) is 23.5 Å². The van der Waals surface area contributed by atoms with Crippen LogP contribution in [0.2, 0.25) is 0 Å². The van der Waals surface area contributed by atoms with Gasteiger partial charge in [-0.15, -0.1) is 21.5 Å². The van der Waals surface area contributed by atoms with Gasteiger partial charge in [-0.25, -0.2) is 26.5 Å². The number of nitrogens with zero attached hydrogens (tertiary/aromatic N) is 3. The minimum atomic E-state index is -4.45. The summed E-state index contributed by atoms with van der Waals surface area (Å²) in [5.41, 5.74) is 1.41. The van der Waals surface area contributed by atoms with Crippen molar-refractivity contribution in [3.05, 3.63) is 101 Å². The fraction of sp³-hybridized carbons (Fsp3) is 0.160. The molecule has 0 spiro atoms. The van der Waals surface area contributed by atoms with Crippen molar-refractivity contribution in [1.29, 1.82) is 0 Å². The van der Waals surface area contributed by atoms with Gasteiger partial charge in [0.2, 0.25) is 22.7 Å². The molecular weight excluding hydrogens is 589 g/mol. The summed E-state index contributed by atoms with van der Waals surface area (Å²) in [7, 11) is -6.96. The standard InChI is InChI=1S/C25H19F3N4O5S3/c26-25(27,28)18-9-6-16(7-10-18)17-8-11-19-20(12-17)38-24(30-19)22(23-32-31-21(37-23)13-29-39(33)34)40(35,36)14-15-4-2-1-3-5-15/h1-12,22,39H,13-14H2,(H,29,33,34). The molecule has 5 aromatic rings. The van der Waals surface area contributed by atoms with Crippen LogP contribution in [0, 0.1) is 0 Å². The molecule has 2 aromatic heterocycles. The maximum atomic E-state index is 13.7. The summed E-state index contributed by atoms with van der Waals surface area (Å²) in [4.78, 5) is 4.51. The highest BCUT2D eigenvalue weighted by molar-refractivity contribution is 7.91. The van der Waals surface area contributed by atoms with Crippen LogP contribution in [0.25, 0.3) is 21.3 Å². The molecule has 0 aliphatic heterocycles. The number of rotatable bonds is 9. The molecule has 15 heteroatoms. The fourth-order valence-corrected chi connectivity index (χ4v) is 7.38. The molecule has 0 saturated heterocycles. The van der Waals surface area contributed by atoms with E-state index >= 15 is 0 Å². The maximum absolute atomic E-state index is 13.7. The number of fused-ring (bicyclic) bond motifs is 1. The van der Waals surface area contributed by atoms with E-state index in [9.17, 15) is 30.0 Å². The van der Waals surface area contributed by atoms with Crippen molar-refractivity contribution in [3.63, 3.8) is 0 Å². The van der Waals surface area contributed by atoms with Gasteiger partial charge in [0, 0.05) is 0 Å². The predicted molar refractivity (Wildman–Crippen MR) is 142 cm³/mol. The molecule has 1 N–H and O–H groups in total. The first-order valence-electron chi connectivity index (χ1n) is 11.5. The number of aromatic nitrogens is 3. The molecule has 0 aliphatic carbocycles. The predicted octanol–water partition coefficient (Wildman–Crippen LogP) is 4.69. The Kier molecular flexibility index (Phi) is 7.72. The van der Waals surface area contributed by atoms with Gasteiger partial charge in [-0.05, 0) is 41.0 Å². The smallest absolute Gasteiger partial charge is 0.416 e. The summed E-state index contributed by atoms with van der Waals surface area (Å²) in [6, 6.07) is 18.3. The molecule has 5 rings (SSSR count). The second-order valence-corrected chi connectivity index (χ2v) is 12.6. The maximum Gasteiger partial charge on any atom is 0.416 e. The highest BCUT2D eigenvalue weighted by atomic mass is 32.2. The lowest BCUT2D eigenvalue weighted by atomic mass is 10.0. The lowest BCUT2D eigenvalue weighted by molar-refractivity contribution is -0.137. The Morgan fingerprint density at radius 2 is 1.65 bits per heavy atom. The van der Waals surface area contributed by atoms with E-state index in [0.29, 0.717) is 26.9 Å². The molecule has 3 aromatic carbocycles. The van der Waals surface area contributed by atoms with E-state index in [2.05, 4.69) is 19.9 Å². The van der Waals surface area contributed by atoms with Gasteiger partial charge in [-0.2, -0.15) is 13.2 Å². The van der Waals surface area contributed by atoms with Crippen LogP contribution in [0.4, 0.5) is 13.2 Å². The van der Waals surface area contributed by atoms with Crippen LogP contribution in [0.3, 0.4) is 0 Å². The topological polar surface area (TPSA) is 132 Å². The molecule has 0 radical (unpaired) electrons. The van der Waals surface area contributed by atoms with Crippen LogP contribution >= 0.6 is 11.3 Å². The zero-order valence-corrected chi connectivity index (χ0v) is 22.7. The van der Waals surface area contributed by atoms with E-state index in [1.807, 2.05) is 0 Å². The minimum Gasteiger partial charge on any atom is -0.422 e. The number of hydrogen-bond acceptors (Lipinski definition) is 9. The number of benzene rings is 3. The molecule has 0 saturated carbocycles. The SMILES string of the molecule is O=[SH](=O)NCc1nnc(C(c2nc3ccc(-c4ccc(C(F)(F)F)cc4)cc3s2)S(=O)(=O)Cc2ccccc2)o1. The molecule has 0 aliphatic rings. The summed E-state index contributed by atoms with van der Waals surface area (Å²) in [6.45, 7) is -0.312. The van der Waals surface area contributed by atoms with Gasteiger partial charge >= 0.3 is 6.18 Å². The van der Waals surface area contributed by atoms with Crippen molar-refractivity contribution < 1.29 is 34.4 Å². The van der Waals surface area contributed by atoms with Crippen LogP contribution in [-0.2, 0) is 39.2 Å². The molecule has 40 heavy (non-hydrogen) atoms. The van der Waals surface area contributed by atoms with Crippen molar-refractivity contribution in [1.82, 2.24) is 19.9 Å². The third-order valence-electron chi connectivity index (χ3n) is 5.81. The largest absolute Gasteiger partial charge is 0.422 e. The first-order valence-corrected chi connectivity index (χ1v) is 15.2. The number of hydrogen-bond donors (Lipinski definition) is 2. The summed E-state index contributed by atoms with van der Waals surface area (Å²) in [6.07, 6.45) is -4.45. The lowest BCUT2D eigenvalue weighted by Gasteiger charge is -2.12. The van der Waals surface area contributed by atoms with Crippen molar-refractivity contribution in [2.24, 2.45) is 0 Å². The van der Waals surface area contributed by atoms with E-state index in [4.69, 9.17) is 4.42 Å². The Balaban J connectivity index is 1.54. The van der Waals surface area contributed by atoms with Crippen LogP contribution in [-0.4, -0.2) is 32.0 Å². The van der Waals surface area contributed by atoms with Gasteiger partial charge in [0.15, 0.2) is 15.1 Å². The lowest BCUT2D eigenvalue weighted by Crippen LogP contribution is -2.17. The van der Waals surface area contributed by atoms with Gasteiger partial charge in [-0.3, -0.25) is 0 Å². The van der Waals surface area contributed by atoms with Crippen molar-refractivity contribution in [2.75, 3.05) is 0 Å². The third-order valence-corrected chi connectivity index (χ3v) is 9.34. The molecular formula is C25H19F3N4O5S3. The Labute approximate surface area is 231 Å². The number of nitrogens with one attached hydrogen (secondary N) is 1. The van der Waals surface area contributed by atoms with Crippen molar-refractivity contribution in [2.45, 2.75) is 23.7 Å². The van der Waals surface area contributed by atoms with Crippen molar-refractivity contribution >= 4 is 42.3 Å². The Morgan fingerprint density at radius 1 is 0.950 bits per heavy atom. The van der Waals surface area contributed by atoms with E-state index in [1.165, 1.54) is 12.1 Å². The molecule has 1 atom stereocenters. The number of alkyl halides is 3. The Bertz CT molecular complexity index is 1830. The second kappa shape index (κ2) is 11.1. The number of thiazole rings is 1. The van der Waals surface area contributed by atoms with E-state index in [-0.39, 0.29) is 29.1 Å². The van der Waals surface area contributed by atoms with Gasteiger partial charge in [0.05, 0.1) is 28.1 Å². The van der Waals surface area contributed by atoms with Crippen LogP contribution in [0.5, 0.6) is 0 Å². The number of sulfone groups is 1. The van der Waals surface area contributed by atoms with Gasteiger partial charge in [0.1, 0.15) is 5.01 Å². The average molecular weight is 609 g/mol. The monoisotopic (exact) mass is 608 g/mol. The molecule has 2 heterocycles. The molecule has 1 unspecified atom stereocenters. The molecule has 9 nitrogen and oxygen atoms in total. The van der Waals surface area contributed by atoms with Gasteiger partial charge in [0.25, 0.3) is 0 Å². The first kappa shape index (κ1) is 27.9. The Morgan fingerprint density at radius 3 is 2.33 bits per heavy atom.